The molecule has 0 aliphatic rings. The lowest BCUT2D eigenvalue weighted by Gasteiger charge is -2.18. The highest BCUT2D eigenvalue weighted by molar-refractivity contribution is 6.33. The number of nitrogens with zero attached hydrogens (tertiary/aromatic N) is 2. The van der Waals surface area contributed by atoms with Gasteiger partial charge in [-0.25, -0.2) is 9.78 Å². The van der Waals surface area contributed by atoms with Crippen LogP contribution in [0.25, 0.3) is 22.4 Å². The van der Waals surface area contributed by atoms with Crippen LogP contribution in [0.15, 0.2) is 42.5 Å². The molecule has 2 aromatic carbocycles. The average Bonchev–Trinajstić information content (AvgIpc) is 3.03. The zero-order valence-electron chi connectivity index (χ0n) is 14.7. The van der Waals surface area contributed by atoms with Gasteiger partial charge in [-0.1, -0.05) is 29.8 Å². The van der Waals surface area contributed by atoms with Gasteiger partial charge in [-0.3, -0.25) is 0 Å². The standard InChI is InChI=1S/C19H19ClN2O4/c1-24-16(25-2)11-22-17-13(19(23)26-3)8-6-10-15(17)21-18(22)12-7-4-5-9-14(12)20/h4-10,16H,11H2,1-3H3. The van der Waals surface area contributed by atoms with Crippen molar-refractivity contribution in [1.29, 1.82) is 0 Å². The number of hydrogen-bond acceptors (Lipinski definition) is 5. The number of rotatable bonds is 6. The molecule has 0 fully saturated rings. The zero-order chi connectivity index (χ0) is 18.7. The number of esters is 1. The minimum absolute atomic E-state index is 0.331. The average molecular weight is 375 g/mol. The Bertz CT molecular complexity index is 934. The molecule has 0 N–H and O–H groups in total. The lowest BCUT2D eigenvalue weighted by molar-refractivity contribution is -0.110. The first kappa shape index (κ1) is 18.4. The highest BCUT2D eigenvalue weighted by Crippen LogP contribution is 2.32. The van der Waals surface area contributed by atoms with Gasteiger partial charge in [0.1, 0.15) is 5.82 Å². The molecule has 0 radical (unpaired) electrons. The molecule has 0 aliphatic carbocycles. The van der Waals surface area contributed by atoms with Crippen molar-refractivity contribution in [3.63, 3.8) is 0 Å². The Morgan fingerprint density at radius 2 is 1.85 bits per heavy atom. The van der Waals surface area contributed by atoms with Crippen molar-refractivity contribution in [1.82, 2.24) is 9.55 Å². The van der Waals surface area contributed by atoms with E-state index in [0.717, 1.165) is 5.56 Å². The van der Waals surface area contributed by atoms with E-state index in [-0.39, 0.29) is 0 Å². The highest BCUT2D eigenvalue weighted by atomic mass is 35.5. The van der Waals surface area contributed by atoms with Gasteiger partial charge in [0.05, 0.1) is 35.3 Å². The lowest BCUT2D eigenvalue weighted by Crippen LogP contribution is -2.21. The fourth-order valence-electron chi connectivity index (χ4n) is 2.88. The van der Waals surface area contributed by atoms with Crippen LogP contribution in [0.2, 0.25) is 5.02 Å². The predicted molar refractivity (Wildman–Crippen MR) is 99.3 cm³/mol. The number of aromatic nitrogens is 2. The molecule has 0 spiro atoms. The number of ether oxygens (including phenoxy) is 3. The van der Waals surface area contributed by atoms with Crippen LogP contribution in [0.1, 0.15) is 10.4 Å². The maximum absolute atomic E-state index is 12.3. The van der Waals surface area contributed by atoms with E-state index in [1.54, 1.807) is 32.4 Å². The second-order valence-electron chi connectivity index (χ2n) is 5.59. The van der Waals surface area contributed by atoms with Crippen molar-refractivity contribution in [2.45, 2.75) is 12.8 Å². The number of carbonyl (C=O) groups is 1. The van der Waals surface area contributed by atoms with Crippen molar-refractivity contribution < 1.29 is 19.0 Å². The summed E-state index contributed by atoms with van der Waals surface area (Å²) in [6, 6.07) is 12.7. The molecule has 1 aromatic heterocycles. The summed E-state index contributed by atoms with van der Waals surface area (Å²) >= 11 is 6.38. The minimum atomic E-state index is -0.514. The molecule has 0 saturated heterocycles. The number of imidazole rings is 1. The van der Waals surface area contributed by atoms with Crippen LogP contribution in [-0.2, 0) is 20.8 Å². The van der Waals surface area contributed by atoms with Gasteiger partial charge in [0.25, 0.3) is 0 Å². The molecule has 6 nitrogen and oxygen atoms in total. The van der Waals surface area contributed by atoms with Crippen molar-refractivity contribution in [3.8, 4) is 11.4 Å². The van der Waals surface area contributed by atoms with E-state index in [1.807, 2.05) is 28.8 Å². The third-order valence-corrected chi connectivity index (χ3v) is 4.47. The number of fused-ring (bicyclic) bond motifs is 1. The van der Waals surface area contributed by atoms with Crippen LogP contribution in [0.3, 0.4) is 0 Å². The molecule has 3 rings (SSSR count). The molecular formula is C19H19ClN2O4. The molecule has 136 valence electrons. The fraction of sp³-hybridized carbons (Fsp3) is 0.263. The summed E-state index contributed by atoms with van der Waals surface area (Å²) in [4.78, 5) is 17.0. The summed E-state index contributed by atoms with van der Waals surface area (Å²) in [5.41, 5.74) is 2.48. The van der Waals surface area contributed by atoms with Crippen LogP contribution >= 0.6 is 11.6 Å². The van der Waals surface area contributed by atoms with Crippen LogP contribution in [0.4, 0.5) is 0 Å². The maximum atomic E-state index is 12.3. The van der Waals surface area contributed by atoms with Crippen LogP contribution in [0, 0.1) is 0 Å². The van der Waals surface area contributed by atoms with Gasteiger partial charge >= 0.3 is 5.97 Å². The Kier molecular flexibility index (Phi) is 5.56. The SMILES string of the molecule is COC(=O)c1cccc2nc(-c3ccccc3Cl)n(CC(OC)OC)c12. The summed E-state index contributed by atoms with van der Waals surface area (Å²) in [7, 11) is 4.47. The fourth-order valence-corrected chi connectivity index (χ4v) is 3.10. The molecule has 0 aliphatic heterocycles. The van der Waals surface area contributed by atoms with E-state index < -0.39 is 12.3 Å². The van der Waals surface area contributed by atoms with E-state index in [9.17, 15) is 4.79 Å². The Balaban J connectivity index is 2.30. The molecule has 0 amide bonds. The van der Waals surface area contributed by atoms with E-state index in [4.69, 9.17) is 30.8 Å². The Morgan fingerprint density at radius 1 is 1.12 bits per heavy atom. The Labute approximate surface area is 156 Å². The van der Waals surface area contributed by atoms with Gasteiger partial charge in [-0.15, -0.1) is 0 Å². The molecule has 0 atom stereocenters. The normalized spacial score (nSPS) is 11.3. The summed E-state index contributed by atoms with van der Waals surface area (Å²) in [5, 5.41) is 0.565. The Morgan fingerprint density at radius 3 is 2.50 bits per heavy atom. The molecule has 26 heavy (non-hydrogen) atoms. The third kappa shape index (κ3) is 3.31. The number of halogens is 1. The van der Waals surface area contributed by atoms with Crippen molar-refractivity contribution in [2.75, 3.05) is 21.3 Å². The Hall–Kier alpha value is -2.41. The summed E-state index contributed by atoms with van der Waals surface area (Å²) in [5.74, 6) is 0.190. The van der Waals surface area contributed by atoms with Crippen molar-refractivity contribution >= 4 is 28.6 Å². The van der Waals surface area contributed by atoms with Gasteiger partial charge in [-0.05, 0) is 24.3 Å². The van der Waals surface area contributed by atoms with E-state index in [0.29, 0.717) is 34.0 Å². The van der Waals surface area contributed by atoms with Crippen LogP contribution in [0.5, 0.6) is 0 Å². The molecule has 3 aromatic rings. The van der Waals surface area contributed by atoms with Gasteiger partial charge in [0, 0.05) is 19.8 Å². The molecule has 7 heteroatoms. The molecule has 1 heterocycles. The predicted octanol–water partition coefficient (Wildman–Crippen LogP) is 3.76. The smallest absolute Gasteiger partial charge is 0.340 e. The lowest BCUT2D eigenvalue weighted by atomic mass is 10.2. The number of carbonyl (C=O) groups excluding carboxylic acids is 1. The van der Waals surface area contributed by atoms with Crippen molar-refractivity contribution in [2.24, 2.45) is 0 Å². The third-order valence-electron chi connectivity index (χ3n) is 4.14. The number of methoxy groups -OCH3 is 3. The largest absolute Gasteiger partial charge is 0.465 e. The number of para-hydroxylation sites is 1. The quantitative estimate of drug-likeness (QED) is 0.485. The molecule has 0 unspecified atom stereocenters. The van der Waals surface area contributed by atoms with Crippen LogP contribution in [-0.4, -0.2) is 43.1 Å². The highest BCUT2D eigenvalue weighted by Gasteiger charge is 2.22. The second kappa shape index (κ2) is 7.86. The van der Waals surface area contributed by atoms with E-state index in [2.05, 4.69) is 0 Å². The molecule has 0 bridgehead atoms. The molecule has 0 saturated carbocycles. The summed E-state index contributed by atoms with van der Waals surface area (Å²) < 4.78 is 17.5. The zero-order valence-corrected chi connectivity index (χ0v) is 15.5. The van der Waals surface area contributed by atoms with Crippen LogP contribution < -0.4 is 0 Å². The summed E-state index contributed by atoms with van der Waals surface area (Å²) in [6.45, 7) is 0.331. The topological polar surface area (TPSA) is 62.6 Å². The van der Waals surface area contributed by atoms with E-state index in [1.165, 1.54) is 7.11 Å². The van der Waals surface area contributed by atoms with Gasteiger partial charge in [0.15, 0.2) is 6.29 Å². The second-order valence-corrected chi connectivity index (χ2v) is 6.00. The van der Waals surface area contributed by atoms with Gasteiger partial charge in [0.2, 0.25) is 0 Å². The monoisotopic (exact) mass is 374 g/mol. The first-order valence-electron chi connectivity index (χ1n) is 7.98. The summed E-state index contributed by atoms with van der Waals surface area (Å²) in [6.07, 6.45) is -0.514. The minimum Gasteiger partial charge on any atom is -0.465 e. The first-order valence-corrected chi connectivity index (χ1v) is 8.36. The first-order chi connectivity index (χ1) is 12.6. The van der Waals surface area contributed by atoms with E-state index >= 15 is 0 Å². The molecular weight excluding hydrogens is 356 g/mol. The van der Waals surface area contributed by atoms with Gasteiger partial charge < -0.3 is 18.8 Å². The number of hydrogen-bond donors (Lipinski definition) is 0. The van der Waals surface area contributed by atoms with Crippen molar-refractivity contribution in [3.05, 3.63) is 53.1 Å². The maximum Gasteiger partial charge on any atom is 0.340 e. The van der Waals surface area contributed by atoms with Gasteiger partial charge in [-0.2, -0.15) is 0 Å². The number of benzene rings is 2.